The third-order valence-electron chi connectivity index (χ3n) is 3.29. The van der Waals surface area contributed by atoms with E-state index in [1.165, 1.54) is 5.56 Å². The normalized spacial score (nSPS) is 10.6. The van der Waals surface area contributed by atoms with Crippen LogP contribution in [0.1, 0.15) is 21.6 Å². The third-order valence-corrected chi connectivity index (χ3v) is 3.29. The largest absolute Gasteiger partial charge is 0.364 e. The number of hydrogen-bond acceptors (Lipinski definition) is 2. The van der Waals surface area contributed by atoms with Crippen LogP contribution >= 0.6 is 0 Å². The van der Waals surface area contributed by atoms with Crippen molar-refractivity contribution in [3.05, 3.63) is 77.5 Å². The summed E-state index contributed by atoms with van der Waals surface area (Å²) in [5.41, 5.74) is 8.74. The first-order valence-corrected chi connectivity index (χ1v) is 6.46. The molecule has 0 saturated heterocycles. The lowest BCUT2D eigenvalue weighted by Gasteiger charge is -2.08. The third kappa shape index (κ3) is 2.38. The van der Waals surface area contributed by atoms with Gasteiger partial charge in [-0.15, -0.1) is 0 Å². The zero-order chi connectivity index (χ0) is 13.9. The van der Waals surface area contributed by atoms with Gasteiger partial charge in [-0.1, -0.05) is 48.5 Å². The summed E-state index contributed by atoms with van der Waals surface area (Å²) < 4.78 is 0. The number of benzene rings is 2. The first kappa shape index (κ1) is 12.4. The van der Waals surface area contributed by atoms with Crippen LogP contribution in [0.4, 0.5) is 0 Å². The number of nitrogens with zero attached hydrogens (tertiary/aromatic N) is 1. The molecule has 0 spiro atoms. The van der Waals surface area contributed by atoms with Crippen molar-refractivity contribution in [2.45, 2.75) is 6.42 Å². The predicted octanol–water partition coefficient (Wildman–Crippen LogP) is 2.92. The van der Waals surface area contributed by atoms with Gasteiger partial charge in [-0.2, -0.15) is 0 Å². The van der Waals surface area contributed by atoms with Gasteiger partial charge in [0.1, 0.15) is 5.69 Å². The molecule has 3 rings (SSSR count). The van der Waals surface area contributed by atoms with Crippen molar-refractivity contribution in [1.29, 1.82) is 0 Å². The molecule has 98 valence electrons. The van der Waals surface area contributed by atoms with Crippen LogP contribution in [0.5, 0.6) is 0 Å². The molecule has 0 atom stereocenters. The zero-order valence-electron chi connectivity index (χ0n) is 10.9. The molecular formula is C17H14N2O. The second kappa shape index (κ2) is 5.13. The van der Waals surface area contributed by atoms with Gasteiger partial charge in [0.25, 0.3) is 5.91 Å². The number of hydrogen-bond donors (Lipinski definition) is 1. The number of aromatic nitrogens is 1. The van der Waals surface area contributed by atoms with Gasteiger partial charge in [0.2, 0.25) is 0 Å². The Labute approximate surface area is 117 Å². The lowest BCUT2D eigenvalue weighted by molar-refractivity contribution is 0.0996. The number of amides is 1. The number of fused-ring (bicyclic) bond motifs is 1. The molecule has 1 heterocycles. The Kier molecular flexibility index (Phi) is 3.17. The summed E-state index contributed by atoms with van der Waals surface area (Å²) in [6.45, 7) is 0. The summed E-state index contributed by atoms with van der Waals surface area (Å²) in [4.78, 5) is 15.7. The molecular weight excluding hydrogens is 248 g/mol. The standard InChI is InChI=1S/C17H14N2O/c18-17(20)16-11-13(10-12-6-2-1-3-7-12)14-8-4-5-9-15(14)19-16/h1-9,11H,10H2,(H2,18,20). The molecule has 1 aromatic heterocycles. The Morgan fingerprint density at radius 1 is 1.00 bits per heavy atom. The van der Waals surface area contributed by atoms with Crippen molar-refractivity contribution < 1.29 is 4.79 Å². The number of rotatable bonds is 3. The fraction of sp³-hybridized carbons (Fsp3) is 0.0588. The van der Waals surface area contributed by atoms with E-state index in [-0.39, 0.29) is 0 Å². The minimum Gasteiger partial charge on any atom is -0.364 e. The smallest absolute Gasteiger partial charge is 0.267 e. The van der Waals surface area contributed by atoms with Crippen molar-refractivity contribution in [2.24, 2.45) is 5.73 Å². The Hall–Kier alpha value is -2.68. The molecule has 0 saturated carbocycles. The second-order valence-corrected chi connectivity index (χ2v) is 4.71. The average molecular weight is 262 g/mol. The lowest BCUT2D eigenvalue weighted by Crippen LogP contribution is -2.13. The number of carbonyl (C=O) groups excluding carboxylic acids is 1. The van der Waals surface area contributed by atoms with Crippen LogP contribution in [0.15, 0.2) is 60.7 Å². The molecule has 0 unspecified atom stereocenters. The SMILES string of the molecule is NC(=O)c1cc(Cc2ccccc2)c2ccccc2n1. The van der Waals surface area contributed by atoms with E-state index in [2.05, 4.69) is 17.1 Å². The number of nitrogens with two attached hydrogens (primary N) is 1. The first-order valence-electron chi connectivity index (χ1n) is 6.46. The Balaban J connectivity index is 2.15. The van der Waals surface area contributed by atoms with E-state index < -0.39 is 5.91 Å². The zero-order valence-corrected chi connectivity index (χ0v) is 10.9. The summed E-state index contributed by atoms with van der Waals surface area (Å²) in [5.74, 6) is -0.495. The Morgan fingerprint density at radius 2 is 1.70 bits per heavy atom. The van der Waals surface area contributed by atoms with E-state index in [1.54, 1.807) is 6.07 Å². The van der Waals surface area contributed by atoms with Crippen LogP contribution in [0.3, 0.4) is 0 Å². The maximum atomic E-state index is 11.4. The monoisotopic (exact) mass is 262 g/mol. The molecule has 0 aliphatic carbocycles. The highest BCUT2D eigenvalue weighted by atomic mass is 16.1. The fourth-order valence-electron chi connectivity index (χ4n) is 2.34. The molecule has 3 heteroatoms. The van der Waals surface area contributed by atoms with Crippen LogP contribution in [0.2, 0.25) is 0 Å². The van der Waals surface area contributed by atoms with E-state index in [4.69, 9.17) is 5.73 Å². The van der Waals surface area contributed by atoms with Gasteiger partial charge < -0.3 is 5.73 Å². The number of para-hydroxylation sites is 1. The van der Waals surface area contributed by atoms with E-state index in [9.17, 15) is 4.79 Å². The first-order chi connectivity index (χ1) is 9.74. The van der Waals surface area contributed by atoms with E-state index in [0.717, 1.165) is 22.9 Å². The number of carbonyl (C=O) groups is 1. The van der Waals surface area contributed by atoms with Gasteiger partial charge in [0, 0.05) is 5.39 Å². The molecule has 0 radical (unpaired) electrons. The molecule has 3 aromatic rings. The summed E-state index contributed by atoms with van der Waals surface area (Å²) in [5, 5.41) is 1.06. The molecule has 2 aromatic carbocycles. The summed E-state index contributed by atoms with van der Waals surface area (Å²) in [6, 6.07) is 19.7. The van der Waals surface area contributed by atoms with Crippen LogP contribution in [0, 0.1) is 0 Å². The van der Waals surface area contributed by atoms with E-state index in [0.29, 0.717) is 5.69 Å². The summed E-state index contributed by atoms with van der Waals surface area (Å²) in [6.07, 6.45) is 0.754. The molecule has 3 nitrogen and oxygen atoms in total. The van der Waals surface area contributed by atoms with Crippen molar-refractivity contribution >= 4 is 16.8 Å². The average Bonchev–Trinajstić information content (AvgIpc) is 2.48. The van der Waals surface area contributed by atoms with Crippen molar-refractivity contribution in [3.8, 4) is 0 Å². The molecule has 0 bridgehead atoms. The molecule has 0 aliphatic heterocycles. The minimum atomic E-state index is -0.495. The second-order valence-electron chi connectivity index (χ2n) is 4.71. The van der Waals surface area contributed by atoms with Gasteiger partial charge in [0.15, 0.2) is 0 Å². The van der Waals surface area contributed by atoms with Gasteiger partial charge >= 0.3 is 0 Å². The van der Waals surface area contributed by atoms with Gasteiger partial charge in [-0.05, 0) is 29.7 Å². The van der Waals surface area contributed by atoms with Crippen LogP contribution in [-0.2, 0) is 6.42 Å². The predicted molar refractivity (Wildman–Crippen MR) is 79.5 cm³/mol. The topological polar surface area (TPSA) is 56.0 Å². The number of pyridine rings is 1. The molecule has 2 N–H and O–H groups in total. The van der Waals surface area contributed by atoms with Crippen molar-refractivity contribution in [3.63, 3.8) is 0 Å². The fourth-order valence-corrected chi connectivity index (χ4v) is 2.34. The van der Waals surface area contributed by atoms with Crippen LogP contribution in [-0.4, -0.2) is 10.9 Å². The highest BCUT2D eigenvalue weighted by Crippen LogP contribution is 2.21. The van der Waals surface area contributed by atoms with Crippen molar-refractivity contribution in [2.75, 3.05) is 0 Å². The Bertz CT molecular complexity index is 766. The summed E-state index contributed by atoms with van der Waals surface area (Å²) >= 11 is 0. The van der Waals surface area contributed by atoms with Gasteiger partial charge in [0.05, 0.1) is 5.52 Å². The highest BCUT2D eigenvalue weighted by molar-refractivity contribution is 5.95. The van der Waals surface area contributed by atoms with Crippen LogP contribution < -0.4 is 5.73 Å². The minimum absolute atomic E-state index is 0.314. The Morgan fingerprint density at radius 3 is 2.45 bits per heavy atom. The molecule has 0 aliphatic rings. The van der Waals surface area contributed by atoms with Crippen LogP contribution in [0.25, 0.3) is 10.9 Å². The quantitative estimate of drug-likeness (QED) is 0.789. The molecule has 0 fully saturated rings. The molecule has 1 amide bonds. The summed E-state index contributed by atoms with van der Waals surface area (Å²) in [7, 11) is 0. The van der Waals surface area contributed by atoms with Gasteiger partial charge in [-0.3, -0.25) is 4.79 Å². The van der Waals surface area contributed by atoms with Gasteiger partial charge in [-0.25, -0.2) is 4.98 Å². The number of primary amides is 1. The van der Waals surface area contributed by atoms with E-state index >= 15 is 0 Å². The molecule has 20 heavy (non-hydrogen) atoms. The van der Waals surface area contributed by atoms with E-state index in [1.807, 2.05) is 42.5 Å². The highest BCUT2D eigenvalue weighted by Gasteiger charge is 2.09. The lowest BCUT2D eigenvalue weighted by atomic mass is 10.00. The maximum Gasteiger partial charge on any atom is 0.267 e. The van der Waals surface area contributed by atoms with Crippen molar-refractivity contribution in [1.82, 2.24) is 4.98 Å². The maximum absolute atomic E-state index is 11.4.